The fourth-order valence-corrected chi connectivity index (χ4v) is 2.89. The number of nitrogens with zero attached hydrogens (tertiary/aromatic N) is 2. The molecule has 8 heteroatoms. The second-order valence-electron chi connectivity index (χ2n) is 5.02. The summed E-state index contributed by atoms with van der Waals surface area (Å²) in [6, 6.07) is 9.68. The van der Waals surface area contributed by atoms with Crippen molar-refractivity contribution in [1.29, 1.82) is 0 Å². The van der Waals surface area contributed by atoms with Crippen molar-refractivity contribution in [3.8, 4) is 0 Å². The topological polar surface area (TPSA) is 90.3 Å². The van der Waals surface area contributed by atoms with Gasteiger partial charge in [0.25, 0.3) is 10.0 Å². The van der Waals surface area contributed by atoms with E-state index in [-0.39, 0.29) is 11.3 Å². The summed E-state index contributed by atoms with van der Waals surface area (Å²) < 4.78 is 32.6. The summed E-state index contributed by atoms with van der Waals surface area (Å²) >= 11 is 0. The summed E-state index contributed by atoms with van der Waals surface area (Å²) in [5.41, 5.74) is 1.05. The minimum atomic E-state index is -3.85. The molecule has 124 valence electrons. The van der Waals surface area contributed by atoms with Crippen molar-refractivity contribution >= 4 is 15.9 Å². The molecule has 1 N–H and O–H groups in total. The summed E-state index contributed by atoms with van der Waals surface area (Å²) in [6.07, 6.45) is 3.05. The number of aromatic nitrogens is 2. The summed E-state index contributed by atoms with van der Waals surface area (Å²) in [4.78, 5) is 11.7. The third-order valence-corrected chi connectivity index (χ3v) is 4.37. The summed E-state index contributed by atoms with van der Waals surface area (Å²) in [5, 5.41) is 3.77. The molecule has 1 aromatic heterocycles. The number of benzene rings is 1. The van der Waals surface area contributed by atoms with Gasteiger partial charge in [0, 0.05) is 26.3 Å². The highest BCUT2D eigenvalue weighted by Gasteiger charge is 2.18. The maximum atomic E-state index is 11.9. The predicted molar refractivity (Wildman–Crippen MR) is 83.9 cm³/mol. The van der Waals surface area contributed by atoms with E-state index in [1.807, 2.05) is 35.1 Å². The molecule has 2 rings (SSSR count). The van der Waals surface area contributed by atoms with Gasteiger partial charge in [0.2, 0.25) is 5.91 Å². The summed E-state index contributed by atoms with van der Waals surface area (Å²) in [6.45, 7) is 0.853. The number of hydrogen-bond acceptors (Lipinski definition) is 5. The Hall–Kier alpha value is -2.19. The van der Waals surface area contributed by atoms with Crippen LogP contribution in [0.1, 0.15) is 18.4 Å². The van der Waals surface area contributed by atoms with Crippen LogP contribution in [0, 0.1) is 0 Å². The van der Waals surface area contributed by atoms with Gasteiger partial charge in [0.15, 0.2) is 0 Å². The van der Waals surface area contributed by atoms with Crippen LogP contribution in [0.15, 0.2) is 47.6 Å². The van der Waals surface area contributed by atoms with Gasteiger partial charge >= 0.3 is 0 Å². The first-order chi connectivity index (χ1) is 11.0. The number of ether oxygens (including phenoxy) is 1. The van der Waals surface area contributed by atoms with Crippen molar-refractivity contribution < 1.29 is 17.9 Å². The molecule has 0 aliphatic rings. The molecule has 0 atom stereocenters. The van der Waals surface area contributed by atoms with Crippen LogP contribution >= 0.6 is 0 Å². The van der Waals surface area contributed by atoms with Crippen molar-refractivity contribution in [2.45, 2.75) is 24.3 Å². The van der Waals surface area contributed by atoms with Crippen molar-refractivity contribution in [2.75, 3.05) is 6.61 Å². The maximum Gasteiger partial charge on any atom is 0.267 e. The molecule has 1 amide bonds. The Morgan fingerprint density at radius 2 is 2.04 bits per heavy atom. The molecular formula is C15H19N3O4S. The van der Waals surface area contributed by atoms with E-state index in [9.17, 15) is 13.2 Å². The molecule has 1 heterocycles. The largest absolute Gasteiger partial charge is 0.377 e. The molecule has 0 aliphatic carbocycles. The van der Waals surface area contributed by atoms with Crippen LogP contribution in [0.3, 0.4) is 0 Å². The molecule has 0 unspecified atom stereocenters. The van der Waals surface area contributed by atoms with Crippen molar-refractivity contribution in [3.05, 3.63) is 48.3 Å². The van der Waals surface area contributed by atoms with Crippen LogP contribution in [0.25, 0.3) is 0 Å². The Morgan fingerprint density at radius 1 is 1.30 bits per heavy atom. The van der Waals surface area contributed by atoms with Crippen LogP contribution in [-0.4, -0.2) is 30.7 Å². The third kappa shape index (κ3) is 5.50. The number of sulfonamides is 1. The second kappa shape index (κ2) is 7.89. The van der Waals surface area contributed by atoms with Crippen molar-refractivity contribution in [2.24, 2.45) is 7.05 Å². The lowest BCUT2D eigenvalue weighted by atomic mass is 10.2. The number of carbonyl (C=O) groups excluding carboxylic acids is 1. The van der Waals surface area contributed by atoms with Crippen LogP contribution in [0.5, 0.6) is 0 Å². The minimum Gasteiger partial charge on any atom is -0.377 e. The molecule has 0 saturated heterocycles. The van der Waals surface area contributed by atoms with Crippen LogP contribution in [0.4, 0.5) is 0 Å². The lowest BCUT2D eigenvalue weighted by Crippen LogP contribution is -2.30. The van der Waals surface area contributed by atoms with E-state index in [2.05, 4.69) is 5.10 Å². The average molecular weight is 337 g/mol. The first-order valence-corrected chi connectivity index (χ1v) is 8.61. The molecule has 0 radical (unpaired) electrons. The van der Waals surface area contributed by atoms with Crippen LogP contribution < -0.4 is 4.72 Å². The molecule has 0 spiro atoms. The number of rotatable bonds is 8. The zero-order valence-corrected chi connectivity index (χ0v) is 13.6. The molecular weight excluding hydrogens is 318 g/mol. The number of amides is 1. The van der Waals surface area contributed by atoms with Crippen LogP contribution in [0.2, 0.25) is 0 Å². The van der Waals surface area contributed by atoms with Gasteiger partial charge in [-0.25, -0.2) is 13.1 Å². The third-order valence-electron chi connectivity index (χ3n) is 3.04. The van der Waals surface area contributed by atoms with E-state index in [4.69, 9.17) is 4.74 Å². The van der Waals surface area contributed by atoms with E-state index < -0.39 is 15.9 Å². The Balaban J connectivity index is 1.69. The second-order valence-corrected chi connectivity index (χ2v) is 6.70. The Bertz CT molecular complexity index is 741. The summed E-state index contributed by atoms with van der Waals surface area (Å²) in [7, 11) is -2.25. The molecule has 0 aliphatic heterocycles. The molecule has 0 bridgehead atoms. The normalized spacial score (nSPS) is 11.3. The Labute approximate surface area is 135 Å². The molecule has 1 aromatic carbocycles. The zero-order valence-electron chi connectivity index (χ0n) is 12.8. The van der Waals surface area contributed by atoms with E-state index in [1.165, 1.54) is 17.1 Å². The molecule has 23 heavy (non-hydrogen) atoms. The van der Waals surface area contributed by atoms with Crippen molar-refractivity contribution in [1.82, 2.24) is 14.5 Å². The number of carbonyl (C=O) groups is 1. The van der Waals surface area contributed by atoms with E-state index in [1.54, 1.807) is 7.05 Å². The van der Waals surface area contributed by atoms with E-state index >= 15 is 0 Å². The van der Waals surface area contributed by atoms with Gasteiger partial charge in [-0.3, -0.25) is 9.48 Å². The molecule has 2 aromatic rings. The number of nitrogens with one attached hydrogen (secondary N) is 1. The highest BCUT2D eigenvalue weighted by molar-refractivity contribution is 7.90. The number of aryl methyl sites for hydroxylation is 1. The van der Waals surface area contributed by atoms with Gasteiger partial charge < -0.3 is 4.74 Å². The van der Waals surface area contributed by atoms with Gasteiger partial charge in [-0.2, -0.15) is 5.10 Å². The maximum absolute atomic E-state index is 11.9. The number of hydrogen-bond donors (Lipinski definition) is 1. The standard InChI is InChI=1S/C15H19N3O4S/c1-18-11-14(10-16-18)23(20,21)17-15(19)8-5-9-22-12-13-6-3-2-4-7-13/h2-4,6-7,10-11H,5,8-9,12H2,1H3,(H,17,19). The van der Waals surface area contributed by atoms with Gasteiger partial charge in [-0.15, -0.1) is 0 Å². The Morgan fingerprint density at radius 3 is 2.70 bits per heavy atom. The Kier molecular flexibility index (Phi) is 5.89. The zero-order chi connectivity index (χ0) is 16.7. The lowest BCUT2D eigenvalue weighted by molar-refractivity contribution is -0.119. The van der Waals surface area contributed by atoms with Gasteiger partial charge in [-0.05, 0) is 12.0 Å². The molecule has 0 saturated carbocycles. The lowest BCUT2D eigenvalue weighted by Gasteiger charge is -2.06. The summed E-state index contributed by atoms with van der Waals surface area (Å²) in [5.74, 6) is -0.558. The van der Waals surface area contributed by atoms with E-state index in [0.717, 1.165) is 5.56 Å². The van der Waals surface area contributed by atoms with Gasteiger partial charge in [0.05, 0.1) is 12.8 Å². The quantitative estimate of drug-likeness (QED) is 0.732. The smallest absolute Gasteiger partial charge is 0.267 e. The first kappa shape index (κ1) is 17.2. The van der Waals surface area contributed by atoms with Crippen LogP contribution in [-0.2, 0) is 33.2 Å². The average Bonchev–Trinajstić information content (AvgIpc) is 2.95. The fraction of sp³-hybridized carbons (Fsp3) is 0.333. The van der Waals surface area contributed by atoms with Gasteiger partial charge in [0.1, 0.15) is 4.90 Å². The molecule has 0 fully saturated rings. The monoisotopic (exact) mass is 337 g/mol. The van der Waals surface area contributed by atoms with Crippen molar-refractivity contribution in [3.63, 3.8) is 0 Å². The first-order valence-electron chi connectivity index (χ1n) is 7.13. The van der Waals surface area contributed by atoms with Gasteiger partial charge in [-0.1, -0.05) is 30.3 Å². The van der Waals surface area contributed by atoms with E-state index in [0.29, 0.717) is 19.6 Å². The SMILES string of the molecule is Cn1cc(S(=O)(=O)NC(=O)CCCOCc2ccccc2)cn1. The predicted octanol–water partition coefficient (Wildman–Crippen LogP) is 1.22. The molecule has 7 nitrogen and oxygen atoms in total. The highest BCUT2D eigenvalue weighted by atomic mass is 32.2. The fourth-order valence-electron chi connectivity index (χ4n) is 1.90. The minimum absolute atomic E-state index is 0.0336. The highest BCUT2D eigenvalue weighted by Crippen LogP contribution is 2.07.